The van der Waals surface area contributed by atoms with E-state index in [-0.39, 0.29) is 22.3 Å². The van der Waals surface area contributed by atoms with Crippen LogP contribution in [0.1, 0.15) is 36.0 Å². The van der Waals surface area contributed by atoms with Gasteiger partial charge >= 0.3 is 0 Å². The van der Waals surface area contributed by atoms with Gasteiger partial charge in [0.1, 0.15) is 10.6 Å². The number of methoxy groups -OCH3 is 1. The van der Waals surface area contributed by atoms with E-state index in [9.17, 15) is 13.2 Å². The summed E-state index contributed by atoms with van der Waals surface area (Å²) in [6, 6.07) is 11.0. The fraction of sp³-hybridized carbons (Fsp3) is 0.316. The third kappa shape index (κ3) is 4.95. The Morgan fingerprint density at radius 2 is 1.89 bits per heavy atom. The molecule has 0 atom stereocenters. The molecule has 1 amide bonds. The molecule has 2 aromatic carbocycles. The molecule has 1 saturated carbocycles. The Morgan fingerprint density at radius 1 is 1.14 bits per heavy atom. The Bertz CT molecular complexity index is 959. The van der Waals surface area contributed by atoms with Crippen molar-refractivity contribution in [2.75, 3.05) is 12.5 Å². The van der Waals surface area contributed by atoms with Crippen LogP contribution in [-0.2, 0) is 10.0 Å². The third-order valence-electron chi connectivity index (χ3n) is 4.54. The Hall–Kier alpha value is -2.29. The maximum Gasteiger partial charge on any atom is 0.269 e. The molecule has 150 valence electrons. The Kier molecular flexibility index (Phi) is 6.43. The molecule has 3 N–H and O–H groups in total. The molecule has 0 saturated heterocycles. The van der Waals surface area contributed by atoms with Crippen LogP contribution in [0.25, 0.3) is 0 Å². The van der Waals surface area contributed by atoms with Gasteiger partial charge in [-0.3, -0.25) is 15.6 Å². The van der Waals surface area contributed by atoms with Crippen LogP contribution in [0.5, 0.6) is 5.75 Å². The lowest BCUT2D eigenvalue weighted by atomic mass is 10.2. The van der Waals surface area contributed by atoms with Crippen molar-refractivity contribution in [2.45, 2.75) is 36.6 Å². The molecular weight excluding hydrogens is 402 g/mol. The Balaban J connectivity index is 1.78. The Morgan fingerprint density at radius 3 is 2.57 bits per heavy atom. The first-order valence-electron chi connectivity index (χ1n) is 8.91. The number of hydrazine groups is 1. The second-order valence-electron chi connectivity index (χ2n) is 6.56. The number of hydrogen-bond donors (Lipinski definition) is 3. The normalized spacial score (nSPS) is 14.6. The second-order valence-corrected chi connectivity index (χ2v) is 8.68. The first-order valence-corrected chi connectivity index (χ1v) is 10.8. The summed E-state index contributed by atoms with van der Waals surface area (Å²) in [5, 5.41) is 0.523. The minimum Gasteiger partial charge on any atom is -0.495 e. The van der Waals surface area contributed by atoms with Crippen molar-refractivity contribution < 1.29 is 17.9 Å². The minimum atomic E-state index is -3.81. The SMILES string of the molecule is COc1ccc(C(=O)NNc2cccc(Cl)c2)cc1S(=O)(=O)NC1CCCC1. The highest BCUT2D eigenvalue weighted by molar-refractivity contribution is 7.89. The highest BCUT2D eigenvalue weighted by Crippen LogP contribution is 2.27. The molecular formula is C19H22ClN3O4S. The first-order chi connectivity index (χ1) is 13.4. The molecule has 0 radical (unpaired) electrons. The van der Waals surface area contributed by atoms with Gasteiger partial charge in [0.05, 0.1) is 12.8 Å². The number of halogens is 1. The van der Waals surface area contributed by atoms with E-state index in [1.54, 1.807) is 24.3 Å². The lowest BCUT2D eigenvalue weighted by Gasteiger charge is -2.16. The van der Waals surface area contributed by atoms with Gasteiger partial charge in [0.15, 0.2) is 0 Å². The zero-order valence-electron chi connectivity index (χ0n) is 15.4. The van der Waals surface area contributed by atoms with E-state index in [2.05, 4.69) is 15.6 Å². The summed E-state index contributed by atoms with van der Waals surface area (Å²) in [4.78, 5) is 12.4. The zero-order valence-corrected chi connectivity index (χ0v) is 16.9. The average molecular weight is 424 g/mol. The largest absolute Gasteiger partial charge is 0.495 e. The van der Waals surface area contributed by atoms with E-state index < -0.39 is 15.9 Å². The number of hydrogen-bond acceptors (Lipinski definition) is 5. The van der Waals surface area contributed by atoms with Gasteiger partial charge in [0.2, 0.25) is 10.0 Å². The van der Waals surface area contributed by atoms with Gasteiger partial charge in [0, 0.05) is 16.6 Å². The number of anilines is 1. The molecule has 1 aliphatic rings. The molecule has 0 bridgehead atoms. The van der Waals surface area contributed by atoms with Crippen molar-refractivity contribution >= 4 is 33.2 Å². The molecule has 1 aliphatic carbocycles. The van der Waals surface area contributed by atoms with Crippen LogP contribution in [-0.4, -0.2) is 27.5 Å². The van der Waals surface area contributed by atoms with Gasteiger partial charge in [-0.1, -0.05) is 30.5 Å². The van der Waals surface area contributed by atoms with Crippen molar-refractivity contribution in [3.05, 3.63) is 53.1 Å². The van der Waals surface area contributed by atoms with Gasteiger partial charge in [0.25, 0.3) is 5.91 Å². The lowest BCUT2D eigenvalue weighted by Crippen LogP contribution is -2.33. The number of benzene rings is 2. The van der Waals surface area contributed by atoms with Gasteiger partial charge in [-0.2, -0.15) is 0 Å². The monoisotopic (exact) mass is 423 g/mol. The summed E-state index contributed by atoms with van der Waals surface area (Å²) in [7, 11) is -2.41. The molecule has 9 heteroatoms. The lowest BCUT2D eigenvalue weighted by molar-refractivity contribution is 0.0962. The molecule has 0 heterocycles. The van der Waals surface area contributed by atoms with Crippen molar-refractivity contribution in [2.24, 2.45) is 0 Å². The number of carbonyl (C=O) groups is 1. The predicted molar refractivity (Wildman–Crippen MR) is 108 cm³/mol. The summed E-state index contributed by atoms with van der Waals surface area (Å²) < 4.78 is 33.5. The van der Waals surface area contributed by atoms with Crippen LogP contribution >= 0.6 is 11.6 Å². The van der Waals surface area contributed by atoms with Crippen molar-refractivity contribution in [1.29, 1.82) is 0 Å². The quantitative estimate of drug-likeness (QED) is 0.593. The standard InChI is InChI=1S/C19H22ClN3O4S/c1-27-17-10-9-13(19(24)22-21-16-8-4-5-14(20)12-16)11-18(17)28(25,26)23-15-6-2-3-7-15/h4-5,8-12,15,21,23H,2-3,6-7H2,1H3,(H,22,24). The van der Waals surface area contributed by atoms with Crippen LogP contribution in [0.2, 0.25) is 5.02 Å². The summed E-state index contributed by atoms with van der Waals surface area (Å²) in [5.41, 5.74) is 6.06. The molecule has 1 fully saturated rings. The van der Waals surface area contributed by atoms with E-state index in [1.165, 1.54) is 25.3 Å². The van der Waals surface area contributed by atoms with Gasteiger partial charge in [-0.15, -0.1) is 0 Å². The van der Waals surface area contributed by atoms with Crippen LogP contribution < -0.4 is 20.3 Å². The van der Waals surface area contributed by atoms with Crippen molar-refractivity contribution in [3.8, 4) is 5.75 Å². The van der Waals surface area contributed by atoms with E-state index in [1.807, 2.05) is 0 Å². The van der Waals surface area contributed by atoms with Crippen molar-refractivity contribution in [1.82, 2.24) is 10.1 Å². The summed E-state index contributed by atoms with van der Waals surface area (Å²) in [6.45, 7) is 0. The first kappa shape index (κ1) is 20.4. The second kappa shape index (κ2) is 8.81. The summed E-state index contributed by atoms with van der Waals surface area (Å²) in [6.07, 6.45) is 3.63. The maximum atomic E-state index is 12.8. The highest BCUT2D eigenvalue weighted by Gasteiger charge is 2.26. The summed E-state index contributed by atoms with van der Waals surface area (Å²) in [5.74, 6) is -0.301. The summed E-state index contributed by atoms with van der Waals surface area (Å²) >= 11 is 5.91. The molecule has 7 nitrogen and oxygen atoms in total. The fourth-order valence-electron chi connectivity index (χ4n) is 3.12. The van der Waals surface area contributed by atoms with Crippen LogP contribution in [0.15, 0.2) is 47.4 Å². The number of amides is 1. The third-order valence-corrected chi connectivity index (χ3v) is 6.31. The number of nitrogens with one attached hydrogen (secondary N) is 3. The Labute approximate surface area is 169 Å². The van der Waals surface area contributed by atoms with E-state index >= 15 is 0 Å². The smallest absolute Gasteiger partial charge is 0.269 e. The van der Waals surface area contributed by atoms with Crippen LogP contribution in [0.4, 0.5) is 5.69 Å². The van der Waals surface area contributed by atoms with Crippen LogP contribution in [0.3, 0.4) is 0 Å². The number of sulfonamides is 1. The topological polar surface area (TPSA) is 96.5 Å². The van der Waals surface area contributed by atoms with Gasteiger partial charge < -0.3 is 4.74 Å². The molecule has 2 aromatic rings. The van der Waals surface area contributed by atoms with E-state index in [0.29, 0.717) is 10.7 Å². The molecule has 28 heavy (non-hydrogen) atoms. The fourth-order valence-corrected chi connectivity index (χ4v) is 4.81. The molecule has 3 rings (SSSR count). The number of carbonyl (C=O) groups excluding carboxylic acids is 1. The van der Waals surface area contributed by atoms with Crippen LogP contribution in [0, 0.1) is 0 Å². The number of rotatable bonds is 7. The molecule has 0 aromatic heterocycles. The predicted octanol–water partition coefficient (Wildman–Crippen LogP) is 3.33. The van der Waals surface area contributed by atoms with E-state index in [4.69, 9.17) is 16.3 Å². The van der Waals surface area contributed by atoms with E-state index in [0.717, 1.165) is 25.7 Å². The molecule has 0 unspecified atom stereocenters. The van der Waals surface area contributed by atoms with Gasteiger partial charge in [-0.25, -0.2) is 13.1 Å². The average Bonchev–Trinajstić information content (AvgIpc) is 3.18. The molecule has 0 spiro atoms. The van der Waals surface area contributed by atoms with Crippen molar-refractivity contribution in [3.63, 3.8) is 0 Å². The zero-order chi connectivity index (χ0) is 20.1. The van der Waals surface area contributed by atoms with Gasteiger partial charge in [-0.05, 0) is 49.2 Å². The number of ether oxygens (including phenoxy) is 1. The maximum absolute atomic E-state index is 12.8. The molecule has 0 aliphatic heterocycles. The highest BCUT2D eigenvalue weighted by atomic mass is 35.5. The minimum absolute atomic E-state index is 0.0581.